The maximum Gasteiger partial charge on any atom is 0.271 e. The van der Waals surface area contributed by atoms with Crippen LogP contribution in [0.25, 0.3) is 5.78 Å². The van der Waals surface area contributed by atoms with E-state index in [4.69, 9.17) is 0 Å². The molecule has 24 heavy (non-hydrogen) atoms. The minimum atomic E-state index is -0.173. The third-order valence-electron chi connectivity index (χ3n) is 4.11. The minimum absolute atomic E-state index is 0.172. The van der Waals surface area contributed by atoms with E-state index >= 15 is 0 Å². The van der Waals surface area contributed by atoms with Gasteiger partial charge in [0.15, 0.2) is 0 Å². The molecule has 0 saturated heterocycles. The first kappa shape index (κ1) is 16.6. The van der Waals surface area contributed by atoms with Crippen LogP contribution in [0.15, 0.2) is 41.5 Å². The number of carbonyl (C=O) groups is 1. The molecule has 3 aromatic rings. The van der Waals surface area contributed by atoms with Crippen LogP contribution in [0.1, 0.15) is 35.9 Å². The lowest BCUT2D eigenvalue weighted by Crippen LogP contribution is -2.38. The highest BCUT2D eigenvalue weighted by Gasteiger charge is 2.20. The zero-order valence-corrected chi connectivity index (χ0v) is 14.7. The van der Waals surface area contributed by atoms with E-state index in [1.807, 2.05) is 12.3 Å². The van der Waals surface area contributed by atoms with Crippen molar-refractivity contribution >= 4 is 23.0 Å². The predicted molar refractivity (Wildman–Crippen MR) is 95.3 cm³/mol. The van der Waals surface area contributed by atoms with E-state index < -0.39 is 0 Å². The van der Waals surface area contributed by atoms with E-state index in [1.54, 1.807) is 28.1 Å². The Kier molecular flexibility index (Phi) is 5.22. The lowest BCUT2D eigenvalue weighted by atomic mass is 10.1. The van der Waals surface area contributed by atoms with Crippen LogP contribution in [-0.4, -0.2) is 44.8 Å². The van der Waals surface area contributed by atoms with Crippen molar-refractivity contribution in [2.24, 2.45) is 0 Å². The van der Waals surface area contributed by atoms with Gasteiger partial charge < -0.3 is 5.32 Å². The molecule has 0 aromatic carbocycles. The van der Waals surface area contributed by atoms with E-state index in [1.165, 1.54) is 5.56 Å². The molecular weight excluding hydrogens is 322 g/mol. The fraction of sp³-hybridized carbons (Fsp3) is 0.353. The number of likely N-dealkylation sites (N-methyl/N-ethyl adjacent to an activating group) is 1. The standard InChI is InChI=1S/C17H21N5OS/c1-3-21(4-2)15(13-6-9-24-12-13)10-19-16(23)14-11-22-8-5-7-18-17(22)20-14/h5-9,11-12,15H,3-4,10H2,1-2H3,(H,19,23)/t15-/m1/s1. The molecule has 0 unspecified atom stereocenters. The summed E-state index contributed by atoms with van der Waals surface area (Å²) < 4.78 is 1.75. The summed E-state index contributed by atoms with van der Waals surface area (Å²) in [4.78, 5) is 23.2. The lowest BCUT2D eigenvalue weighted by Gasteiger charge is -2.29. The van der Waals surface area contributed by atoms with E-state index in [0.717, 1.165) is 13.1 Å². The number of carbonyl (C=O) groups excluding carboxylic acids is 1. The lowest BCUT2D eigenvalue weighted by molar-refractivity contribution is 0.0930. The summed E-state index contributed by atoms with van der Waals surface area (Å²) in [5, 5.41) is 7.23. The summed E-state index contributed by atoms with van der Waals surface area (Å²) in [6.45, 7) is 6.70. The molecule has 0 aliphatic carbocycles. The van der Waals surface area contributed by atoms with Crippen molar-refractivity contribution in [1.29, 1.82) is 0 Å². The minimum Gasteiger partial charge on any atom is -0.349 e. The van der Waals surface area contributed by atoms with Crippen molar-refractivity contribution in [1.82, 2.24) is 24.6 Å². The first-order chi connectivity index (χ1) is 11.7. The molecule has 3 heterocycles. The molecule has 3 aromatic heterocycles. The summed E-state index contributed by atoms with van der Waals surface area (Å²) in [5.41, 5.74) is 1.62. The second kappa shape index (κ2) is 7.55. The maximum atomic E-state index is 12.5. The highest BCUT2D eigenvalue weighted by Crippen LogP contribution is 2.22. The van der Waals surface area contributed by atoms with Gasteiger partial charge in [-0.15, -0.1) is 0 Å². The fourth-order valence-electron chi connectivity index (χ4n) is 2.81. The Morgan fingerprint density at radius 1 is 1.42 bits per heavy atom. The Hall–Kier alpha value is -2.25. The van der Waals surface area contributed by atoms with Gasteiger partial charge in [-0.1, -0.05) is 13.8 Å². The first-order valence-corrected chi connectivity index (χ1v) is 9.01. The second-order valence-corrected chi connectivity index (χ2v) is 6.24. The van der Waals surface area contributed by atoms with Crippen LogP contribution in [0.3, 0.4) is 0 Å². The molecule has 0 fully saturated rings. The van der Waals surface area contributed by atoms with Gasteiger partial charge in [0.2, 0.25) is 5.78 Å². The van der Waals surface area contributed by atoms with Crippen molar-refractivity contribution in [2.75, 3.05) is 19.6 Å². The quantitative estimate of drug-likeness (QED) is 0.716. The number of fused-ring (bicyclic) bond motifs is 1. The summed E-state index contributed by atoms with van der Waals surface area (Å²) in [6, 6.07) is 4.10. The molecule has 0 aliphatic heterocycles. The molecule has 1 atom stereocenters. The van der Waals surface area contributed by atoms with Crippen LogP contribution < -0.4 is 5.32 Å². The van der Waals surface area contributed by atoms with Gasteiger partial charge in [-0.2, -0.15) is 11.3 Å². The third kappa shape index (κ3) is 3.47. The van der Waals surface area contributed by atoms with Crippen LogP contribution in [0.4, 0.5) is 0 Å². The van der Waals surface area contributed by atoms with Crippen LogP contribution in [0.2, 0.25) is 0 Å². The highest BCUT2D eigenvalue weighted by molar-refractivity contribution is 7.07. The highest BCUT2D eigenvalue weighted by atomic mass is 32.1. The molecular formula is C17H21N5OS. The largest absolute Gasteiger partial charge is 0.349 e. The Balaban J connectivity index is 1.72. The summed E-state index contributed by atoms with van der Waals surface area (Å²) in [6.07, 6.45) is 5.20. The van der Waals surface area contributed by atoms with Gasteiger partial charge in [0.1, 0.15) is 5.69 Å². The molecule has 0 saturated carbocycles. The molecule has 0 radical (unpaired) electrons. The van der Waals surface area contributed by atoms with Crippen molar-refractivity contribution < 1.29 is 4.79 Å². The van der Waals surface area contributed by atoms with E-state index in [0.29, 0.717) is 18.0 Å². The number of nitrogens with one attached hydrogen (secondary N) is 1. The molecule has 0 spiro atoms. The molecule has 7 heteroatoms. The Morgan fingerprint density at radius 2 is 2.25 bits per heavy atom. The van der Waals surface area contributed by atoms with Crippen LogP contribution in [-0.2, 0) is 0 Å². The number of hydrogen-bond donors (Lipinski definition) is 1. The van der Waals surface area contributed by atoms with Crippen molar-refractivity contribution in [3.05, 3.63) is 52.7 Å². The third-order valence-corrected chi connectivity index (χ3v) is 4.81. The van der Waals surface area contributed by atoms with Gasteiger partial charge in [0.25, 0.3) is 5.91 Å². The SMILES string of the molecule is CCN(CC)[C@H](CNC(=O)c1cn2cccnc2n1)c1ccsc1. The summed E-state index contributed by atoms with van der Waals surface area (Å²) in [7, 11) is 0. The van der Waals surface area contributed by atoms with Crippen molar-refractivity contribution in [3.63, 3.8) is 0 Å². The van der Waals surface area contributed by atoms with E-state index in [9.17, 15) is 4.79 Å². The van der Waals surface area contributed by atoms with Gasteiger partial charge in [-0.25, -0.2) is 9.97 Å². The molecule has 1 amide bonds. The molecule has 0 bridgehead atoms. The van der Waals surface area contributed by atoms with Crippen molar-refractivity contribution in [3.8, 4) is 0 Å². The fourth-order valence-corrected chi connectivity index (χ4v) is 3.51. The van der Waals surface area contributed by atoms with Crippen LogP contribution in [0, 0.1) is 0 Å². The van der Waals surface area contributed by atoms with Gasteiger partial charge in [0.05, 0.1) is 6.04 Å². The monoisotopic (exact) mass is 343 g/mol. The zero-order valence-electron chi connectivity index (χ0n) is 13.8. The first-order valence-electron chi connectivity index (χ1n) is 8.07. The normalized spacial score (nSPS) is 12.6. The number of rotatable bonds is 7. The average Bonchev–Trinajstić information content (AvgIpc) is 3.27. The topological polar surface area (TPSA) is 62.5 Å². The van der Waals surface area contributed by atoms with Crippen LogP contribution >= 0.6 is 11.3 Å². The number of nitrogens with zero attached hydrogens (tertiary/aromatic N) is 4. The Morgan fingerprint density at radius 3 is 2.92 bits per heavy atom. The Labute approximate surface area is 145 Å². The van der Waals surface area contributed by atoms with Crippen molar-refractivity contribution in [2.45, 2.75) is 19.9 Å². The summed E-state index contributed by atoms with van der Waals surface area (Å²) in [5.74, 6) is 0.355. The average molecular weight is 343 g/mol. The Bertz CT molecular complexity index is 761. The maximum absolute atomic E-state index is 12.5. The number of imidazole rings is 1. The number of hydrogen-bond acceptors (Lipinski definition) is 5. The molecule has 6 nitrogen and oxygen atoms in total. The number of thiophene rings is 1. The summed E-state index contributed by atoms with van der Waals surface area (Å²) >= 11 is 1.68. The van der Waals surface area contributed by atoms with Gasteiger partial charge >= 0.3 is 0 Å². The van der Waals surface area contributed by atoms with E-state index in [-0.39, 0.29) is 11.9 Å². The molecule has 0 aliphatic rings. The number of amides is 1. The second-order valence-electron chi connectivity index (χ2n) is 5.46. The molecule has 3 rings (SSSR count). The smallest absolute Gasteiger partial charge is 0.271 e. The van der Waals surface area contributed by atoms with E-state index in [2.05, 4.69) is 50.9 Å². The van der Waals surface area contributed by atoms with Gasteiger partial charge in [-0.3, -0.25) is 14.1 Å². The van der Waals surface area contributed by atoms with Gasteiger partial charge in [-0.05, 0) is 41.5 Å². The molecule has 126 valence electrons. The molecule has 1 N–H and O–H groups in total. The predicted octanol–water partition coefficient (Wildman–Crippen LogP) is 2.60. The van der Waals surface area contributed by atoms with Gasteiger partial charge in [0, 0.05) is 25.1 Å². The zero-order chi connectivity index (χ0) is 16.9. The van der Waals surface area contributed by atoms with Crippen LogP contribution in [0.5, 0.6) is 0 Å². The number of aromatic nitrogens is 3.